The van der Waals surface area contributed by atoms with Gasteiger partial charge >= 0.3 is 0 Å². The van der Waals surface area contributed by atoms with Gasteiger partial charge < -0.3 is 20.7 Å². The van der Waals surface area contributed by atoms with Crippen LogP contribution in [-0.4, -0.2) is 58.8 Å². The quantitative estimate of drug-likeness (QED) is 0.507. The fourth-order valence-corrected chi connectivity index (χ4v) is 3.25. The summed E-state index contributed by atoms with van der Waals surface area (Å²) in [6.45, 7) is 0.401. The molecular weight excluding hydrogens is 372 g/mol. The number of carbonyl (C=O) groups is 1. The highest BCUT2D eigenvalue weighted by atomic mass is 32.2. The van der Waals surface area contributed by atoms with E-state index >= 15 is 0 Å². The minimum atomic E-state index is -3.81. The van der Waals surface area contributed by atoms with E-state index < -0.39 is 15.9 Å². The number of sulfonamides is 1. The molecule has 0 aliphatic rings. The molecule has 27 heavy (non-hydrogen) atoms. The second-order valence-electron chi connectivity index (χ2n) is 5.74. The summed E-state index contributed by atoms with van der Waals surface area (Å²) in [5, 5.41) is 10.8. The summed E-state index contributed by atoms with van der Waals surface area (Å²) in [7, 11) is 1.31. The number of amides is 1. The number of ether oxygens (including phenoxy) is 1. The first kappa shape index (κ1) is 20.4. The number of anilines is 2. The Kier molecular flexibility index (Phi) is 6.53. The summed E-state index contributed by atoms with van der Waals surface area (Å²) in [5.74, 6) is -0.0340. The van der Waals surface area contributed by atoms with Gasteiger partial charge in [0.05, 0.1) is 29.5 Å². The molecule has 10 nitrogen and oxygen atoms in total. The van der Waals surface area contributed by atoms with Crippen molar-refractivity contribution in [1.29, 1.82) is 0 Å². The van der Waals surface area contributed by atoms with Crippen LogP contribution in [0.5, 0.6) is 5.75 Å². The minimum Gasteiger partial charge on any atom is -0.496 e. The number of benzene rings is 1. The Morgan fingerprint density at radius 2 is 2.00 bits per heavy atom. The van der Waals surface area contributed by atoms with Crippen molar-refractivity contribution in [2.45, 2.75) is 4.90 Å². The Morgan fingerprint density at radius 3 is 2.63 bits per heavy atom. The first-order valence-corrected chi connectivity index (χ1v) is 9.44. The molecule has 11 heteroatoms. The number of rotatable bonds is 9. The van der Waals surface area contributed by atoms with E-state index in [1.807, 2.05) is 19.0 Å². The second kappa shape index (κ2) is 8.64. The number of hydrogen-bond acceptors (Lipinski definition) is 8. The van der Waals surface area contributed by atoms with Gasteiger partial charge in [-0.15, -0.1) is 5.10 Å². The molecule has 1 heterocycles. The third-order valence-corrected chi connectivity index (χ3v) is 5.09. The maximum Gasteiger partial charge on any atom is 0.252 e. The van der Waals surface area contributed by atoms with Crippen molar-refractivity contribution in [2.75, 3.05) is 44.5 Å². The van der Waals surface area contributed by atoms with Crippen LogP contribution in [0.25, 0.3) is 0 Å². The van der Waals surface area contributed by atoms with Gasteiger partial charge in [0.15, 0.2) is 5.82 Å². The number of nitrogens with two attached hydrogens (primary N) is 1. The molecule has 0 aliphatic carbocycles. The number of nitrogens with zero attached hydrogens (tertiary/aromatic N) is 3. The molecule has 0 saturated heterocycles. The summed E-state index contributed by atoms with van der Waals surface area (Å²) in [6, 6.07) is 5.70. The van der Waals surface area contributed by atoms with Crippen LogP contribution < -0.4 is 25.4 Å². The number of carbonyl (C=O) groups excluding carboxylic acids is 1. The van der Waals surface area contributed by atoms with Gasteiger partial charge in [0.1, 0.15) is 5.75 Å². The standard InChI is InChI=1S/C16H22N6O4S/c1-22(2)11-8-15(21-19-10-11)18-6-7-20-27(24,25)12-4-5-14(26-3)13(9-12)16(17)23/h4-5,8-10,20H,6-7H2,1-3H3,(H2,17,23)(H,18,21). The van der Waals surface area contributed by atoms with Crippen LogP contribution in [0.3, 0.4) is 0 Å². The van der Waals surface area contributed by atoms with Crippen molar-refractivity contribution >= 4 is 27.4 Å². The summed E-state index contributed by atoms with van der Waals surface area (Å²) in [6.07, 6.45) is 1.62. The van der Waals surface area contributed by atoms with Crippen LogP contribution >= 0.6 is 0 Å². The monoisotopic (exact) mass is 394 g/mol. The van der Waals surface area contributed by atoms with Crippen LogP contribution in [0, 0.1) is 0 Å². The maximum absolute atomic E-state index is 12.4. The Morgan fingerprint density at radius 1 is 1.26 bits per heavy atom. The highest BCUT2D eigenvalue weighted by Crippen LogP contribution is 2.22. The van der Waals surface area contributed by atoms with Crippen LogP contribution in [0.2, 0.25) is 0 Å². The number of nitrogens with one attached hydrogen (secondary N) is 2. The molecule has 0 atom stereocenters. The number of aromatic nitrogens is 2. The van der Waals surface area contributed by atoms with Crippen molar-refractivity contribution in [3.8, 4) is 5.75 Å². The molecule has 0 spiro atoms. The van der Waals surface area contributed by atoms with Crippen LogP contribution in [-0.2, 0) is 10.0 Å². The zero-order valence-corrected chi connectivity index (χ0v) is 16.1. The summed E-state index contributed by atoms with van der Waals surface area (Å²) in [4.78, 5) is 13.3. The molecule has 146 valence electrons. The fourth-order valence-electron chi connectivity index (χ4n) is 2.19. The predicted octanol–water partition coefficient (Wildman–Crippen LogP) is 0.0405. The zero-order chi connectivity index (χ0) is 20.0. The highest BCUT2D eigenvalue weighted by Gasteiger charge is 2.18. The molecule has 0 fully saturated rings. The second-order valence-corrected chi connectivity index (χ2v) is 7.51. The van der Waals surface area contributed by atoms with Crippen molar-refractivity contribution in [3.63, 3.8) is 0 Å². The van der Waals surface area contributed by atoms with E-state index in [-0.39, 0.29) is 22.8 Å². The van der Waals surface area contributed by atoms with E-state index in [9.17, 15) is 13.2 Å². The maximum atomic E-state index is 12.4. The van der Waals surface area contributed by atoms with Gasteiger partial charge in [0.2, 0.25) is 10.0 Å². The summed E-state index contributed by atoms with van der Waals surface area (Å²) in [5.41, 5.74) is 6.12. The van der Waals surface area contributed by atoms with E-state index in [4.69, 9.17) is 10.5 Å². The molecule has 0 aliphatic heterocycles. The SMILES string of the molecule is COc1ccc(S(=O)(=O)NCCNc2cc(N(C)C)cnn2)cc1C(N)=O. The lowest BCUT2D eigenvalue weighted by Crippen LogP contribution is -2.29. The Balaban J connectivity index is 2.00. The lowest BCUT2D eigenvalue weighted by atomic mass is 10.2. The molecular formula is C16H22N6O4S. The van der Waals surface area contributed by atoms with E-state index in [2.05, 4.69) is 20.2 Å². The third-order valence-electron chi connectivity index (χ3n) is 3.63. The molecule has 0 bridgehead atoms. The fraction of sp³-hybridized carbons (Fsp3) is 0.312. The highest BCUT2D eigenvalue weighted by molar-refractivity contribution is 7.89. The van der Waals surface area contributed by atoms with E-state index in [0.717, 1.165) is 5.69 Å². The van der Waals surface area contributed by atoms with Gasteiger partial charge in [0.25, 0.3) is 5.91 Å². The Bertz CT molecular complexity index is 917. The smallest absolute Gasteiger partial charge is 0.252 e. The van der Waals surface area contributed by atoms with E-state index in [1.54, 1.807) is 12.3 Å². The molecule has 0 saturated carbocycles. The molecule has 0 radical (unpaired) electrons. The number of primary amides is 1. The Hall–Kier alpha value is -2.92. The van der Waals surface area contributed by atoms with Gasteiger partial charge in [0, 0.05) is 33.3 Å². The van der Waals surface area contributed by atoms with Crippen molar-refractivity contribution < 1.29 is 17.9 Å². The summed E-state index contributed by atoms with van der Waals surface area (Å²) >= 11 is 0. The van der Waals surface area contributed by atoms with Gasteiger partial charge in [-0.3, -0.25) is 4.79 Å². The average Bonchev–Trinajstić information content (AvgIpc) is 2.64. The van der Waals surface area contributed by atoms with Crippen LogP contribution in [0.4, 0.5) is 11.5 Å². The molecule has 2 aromatic rings. The number of methoxy groups -OCH3 is 1. The number of hydrogen-bond donors (Lipinski definition) is 3. The predicted molar refractivity (Wildman–Crippen MR) is 102 cm³/mol. The normalized spacial score (nSPS) is 11.1. The van der Waals surface area contributed by atoms with Gasteiger partial charge in [-0.1, -0.05) is 0 Å². The lowest BCUT2D eigenvalue weighted by Gasteiger charge is -2.13. The average molecular weight is 394 g/mol. The zero-order valence-electron chi connectivity index (χ0n) is 15.3. The molecule has 0 unspecified atom stereocenters. The molecule has 1 amide bonds. The van der Waals surface area contributed by atoms with Gasteiger partial charge in [-0.05, 0) is 18.2 Å². The molecule has 2 rings (SSSR count). The van der Waals surface area contributed by atoms with Crippen LogP contribution in [0.15, 0.2) is 35.4 Å². The van der Waals surface area contributed by atoms with Crippen molar-refractivity contribution in [1.82, 2.24) is 14.9 Å². The molecule has 1 aromatic heterocycles. The van der Waals surface area contributed by atoms with Crippen molar-refractivity contribution in [3.05, 3.63) is 36.0 Å². The molecule has 4 N–H and O–H groups in total. The third kappa shape index (κ3) is 5.28. The first-order valence-electron chi connectivity index (χ1n) is 7.96. The summed E-state index contributed by atoms with van der Waals surface area (Å²) < 4.78 is 32.2. The minimum absolute atomic E-state index is 0.00530. The van der Waals surface area contributed by atoms with Gasteiger partial charge in [-0.2, -0.15) is 5.10 Å². The van der Waals surface area contributed by atoms with E-state index in [0.29, 0.717) is 12.4 Å². The topological polar surface area (TPSA) is 140 Å². The molecule has 1 aromatic carbocycles. The van der Waals surface area contributed by atoms with Crippen LogP contribution in [0.1, 0.15) is 10.4 Å². The van der Waals surface area contributed by atoms with Gasteiger partial charge in [-0.25, -0.2) is 13.1 Å². The largest absolute Gasteiger partial charge is 0.496 e. The Labute approximate surface area is 157 Å². The van der Waals surface area contributed by atoms with E-state index in [1.165, 1.54) is 25.3 Å². The lowest BCUT2D eigenvalue weighted by molar-refractivity contribution is 0.0997. The van der Waals surface area contributed by atoms with Crippen molar-refractivity contribution in [2.24, 2.45) is 5.73 Å². The first-order chi connectivity index (χ1) is 12.7.